The number of hydrogen-bond donors (Lipinski definition) is 3. The van der Waals surface area contributed by atoms with Gasteiger partial charge in [0, 0.05) is 6.04 Å². The predicted octanol–water partition coefficient (Wildman–Crippen LogP) is -0.108. The molecule has 0 radical (unpaired) electrons. The molecule has 1 fully saturated rings. The zero-order chi connectivity index (χ0) is 14.8. The fraction of sp³-hybridized carbons (Fsp3) is 0.667. The number of aliphatic carboxylic acids is 1. The van der Waals surface area contributed by atoms with Crippen molar-refractivity contribution in [3.8, 4) is 0 Å². The normalized spacial score (nSPS) is 31.7. The number of nitrogens with one attached hydrogen (secondary N) is 2. The lowest BCUT2D eigenvalue weighted by molar-refractivity contribution is -0.140. The molecule has 8 heteroatoms. The van der Waals surface area contributed by atoms with Crippen molar-refractivity contribution in [2.45, 2.75) is 31.3 Å². The van der Waals surface area contributed by atoms with Crippen LogP contribution in [0.5, 0.6) is 0 Å². The number of carboxylic acid groups (broad SMARTS) is 1. The van der Waals surface area contributed by atoms with Gasteiger partial charge in [0.05, 0.1) is 23.5 Å². The van der Waals surface area contributed by atoms with Gasteiger partial charge >= 0.3 is 12.0 Å². The highest BCUT2D eigenvalue weighted by Gasteiger charge is 2.28. The third kappa shape index (κ3) is 3.96. The molecule has 7 nitrogen and oxygen atoms in total. The van der Waals surface area contributed by atoms with E-state index in [-0.39, 0.29) is 23.6 Å². The number of sulfone groups is 1. The Morgan fingerprint density at radius 3 is 2.55 bits per heavy atom. The molecule has 1 aliphatic carbocycles. The maximum atomic E-state index is 11.8. The predicted molar refractivity (Wildman–Crippen MR) is 72.0 cm³/mol. The van der Waals surface area contributed by atoms with Crippen molar-refractivity contribution in [2.24, 2.45) is 5.92 Å². The summed E-state index contributed by atoms with van der Waals surface area (Å²) in [5.41, 5.74) is 0. The lowest BCUT2D eigenvalue weighted by Crippen LogP contribution is -2.49. The first-order valence-electron chi connectivity index (χ1n) is 6.54. The molecule has 0 spiro atoms. The van der Waals surface area contributed by atoms with Gasteiger partial charge in [-0.05, 0) is 19.3 Å². The first-order valence-corrected chi connectivity index (χ1v) is 8.36. The minimum Gasteiger partial charge on any atom is -0.481 e. The molecule has 1 saturated heterocycles. The minimum absolute atomic E-state index is 0.0291. The van der Waals surface area contributed by atoms with Gasteiger partial charge in [-0.15, -0.1) is 0 Å². The lowest BCUT2D eigenvalue weighted by atomic mass is 10.1. The van der Waals surface area contributed by atoms with Crippen molar-refractivity contribution in [3.05, 3.63) is 12.2 Å². The van der Waals surface area contributed by atoms with Crippen LogP contribution in [0.25, 0.3) is 0 Å². The van der Waals surface area contributed by atoms with E-state index in [1.165, 1.54) is 0 Å². The Hall–Kier alpha value is -1.57. The lowest BCUT2D eigenvalue weighted by Gasteiger charge is -2.24. The summed E-state index contributed by atoms with van der Waals surface area (Å²) in [6.07, 6.45) is 4.72. The SMILES string of the molecule is O=C(NC1C=CC(C(=O)O)C1)NC1CCCS(=O)(=O)C1. The summed E-state index contributed by atoms with van der Waals surface area (Å²) in [4.78, 5) is 22.5. The second-order valence-electron chi connectivity index (χ2n) is 5.24. The molecule has 2 aliphatic rings. The average molecular weight is 302 g/mol. The molecule has 112 valence electrons. The topological polar surface area (TPSA) is 113 Å². The van der Waals surface area contributed by atoms with E-state index in [2.05, 4.69) is 10.6 Å². The molecule has 1 heterocycles. The number of carbonyl (C=O) groups is 2. The van der Waals surface area contributed by atoms with Gasteiger partial charge < -0.3 is 15.7 Å². The quantitative estimate of drug-likeness (QED) is 0.630. The van der Waals surface area contributed by atoms with Crippen molar-refractivity contribution in [1.29, 1.82) is 0 Å². The van der Waals surface area contributed by atoms with E-state index in [0.717, 1.165) is 0 Å². The molecule has 20 heavy (non-hydrogen) atoms. The van der Waals surface area contributed by atoms with Crippen LogP contribution < -0.4 is 10.6 Å². The Labute approximate surface area is 117 Å². The molecule has 3 unspecified atom stereocenters. The zero-order valence-electron chi connectivity index (χ0n) is 10.9. The Morgan fingerprint density at radius 1 is 1.20 bits per heavy atom. The van der Waals surface area contributed by atoms with Crippen LogP contribution in [0.2, 0.25) is 0 Å². The second-order valence-corrected chi connectivity index (χ2v) is 7.47. The molecular weight excluding hydrogens is 284 g/mol. The molecule has 0 aromatic rings. The molecular formula is C12H18N2O5S. The summed E-state index contributed by atoms with van der Waals surface area (Å²) in [7, 11) is -3.06. The minimum atomic E-state index is -3.06. The zero-order valence-corrected chi connectivity index (χ0v) is 11.7. The Bertz CT molecular complexity index is 528. The van der Waals surface area contributed by atoms with Crippen LogP contribution in [0.4, 0.5) is 4.79 Å². The van der Waals surface area contributed by atoms with Crippen molar-refractivity contribution in [3.63, 3.8) is 0 Å². The monoisotopic (exact) mass is 302 g/mol. The van der Waals surface area contributed by atoms with Gasteiger partial charge in [-0.1, -0.05) is 12.2 Å². The molecule has 2 rings (SSSR count). The van der Waals surface area contributed by atoms with E-state index in [0.29, 0.717) is 19.3 Å². The fourth-order valence-electron chi connectivity index (χ4n) is 2.52. The third-order valence-electron chi connectivity index (χ3n) is 3.52. The van der Waals surface area contributed by atoms with E-state index < -0.39 is 27.8 Å². The van der Waals surface area contributed by atoms with Crippen LogP contribution in [0, 0.1) is 5.92 Å². The maximum Gasteiger partial charge on any atom is 0.315 e. The highest BCUT2D eigenvalue weighted by atomic mass is 32.2. The van der Waals surface area contributed by atoms with E-state index in [1.807, 2.05) is 0 Å². The molecule has 3 N–H and O–H groups in total. The van der Waals surface area contributed by atoms with Crippen molar-refractivity contribution in [1.82, 2.24) is 10.6 Å². The van der Waals surface area contributed by atoms with Crippen LogP contribution in [0.1, 0.15) is 19.3 Å². The smallest absolute Gasteiger partial charge is 0.315 e. The number of hydrogen-bond acceptors (Lipinski definition) is 4. The highest BCUT2D eigenvalue weighted by Crippen LogP contribution is 2.18. The van der Waals surface area contributed by atoms with E-state index in [1.54, 1.807) is 12.2 Å². The Morgan fingerprint density at radius 2 is 1.95 bits per heavy atom. The first-order chi connectivity index (χ1) is 9.35. The molecule has 0 aromatic heterocycles. The van der Waals surface area contributed by atoms with Gasteiger partial charge in [0.1, 0.15) is 0 Å². The molecule has 0 saturated carbocycles. The van der Waals surface area contributed by atoms with Gasteiger partial charge in [0.2, 0.25) is 0 Å². The maximum absolute atomic E-state index is 11.8. The fourth-order valence-corrected chi connectivity index (χ4v) is 4.16. The Kier molecular flexibility index (Phi) is 4.32. The summed E-state index contributed by atoms with van der Waals surface area (Å²) in [6.45, 7) is 0. The van der Waals surface area contributed by atoms with Crippen molar-refractivity contribution >= 4 is 21.8 Å². The molecule has 0 aromatic carbocycles. The van der Waals surface area contributed by atoms with Crippen molar-refractivity contribution < 1.29 is 23.1 Å². The van der Waals surface area contributed by atoms with Crippen LogP contribution in [0.15, 0.2) is 12.2 Å². The van der Waals surface area contributed by atoms with Crippen molar-refractivity contribution in [2.75, 3.05) is 11.5 Å². The van der Waals surface area contributed by atoms with Crippen LogP contribution in [0.3, 0.4) is 0 Å². The van der Waals surface area contributed by atoms with E-state index in [4.69, 9.17) is 5.11 Å². The standard InChI is InChI=1S/C12H18N2O5S/c15-11(16)8-3-4-9(6-8)13-12(17)14-10-2-1-5-20(18,19)7-10/h3-4,8-10H,1-2,5-7H2,(H,15,16)(H2,13,14,17). The number of carbonyl (C=O) groups excluding carboxylic acids is 1. The van der Waals surface area contributed by atoms with Gasteiger partial charge in [0.15, 0.2) is 9.84 Å². The summed E-state index contributed by atoms with van der Waals surface area (Å²) in [5, 5.41) is 14.1. The first kappa shape index (κ1) is 14.8. The van der Waals surface area contributed by atoms with Gasteiger partial charge in [-0.25, -0.2) is 13.2 Å². The molecule has 1 aliphatic heterocycles. The van der Waals surface area contributed by atoms with Crippen LogP contribution in [-0.2, 0) is 14.6 Å². The Balaban J connectivity index is 1.79. The number of carboxylic acids is 1. The molecule has 2 amide bonds. The average Bonchev–Trinajstić information content (AvgIpc) is 2.75. The third-order valence-corrected chi connectivity index (χ3v) is 5.34. The van der Waals surface area contributed by atoms with Gasteiger partial charge in [-0.3, -0.25) is 4.79 Å². The van der Waals surface area contributed by atoms with Gasteiger partial charge in [0.25, 0.3) is 0 Å². The summed E-state index contributed by atoms with van der Waals surface area (Å²) in [6, 6.07) is -1.14. The van der Waals surface area contributed by atoms with Crippen LogP contribution in [-0.4, -0.2) is 49.1 Å². The highest BCUT2D eigenvalue weighted by molar-refractivity contribution is 7.91. The molecule has 3 atom stereocenters. The largest absolute Gasteiger partial charge is 0.481 e. The van der Waals surface area contributed by atoms with E-state index >= 15 is 0 Å². The number of amides is 2. The summed E-state index contributed by atoms with van der Waals surface area (Å²) < 4.78 is 22.9. The molecule has 0 bridgehead atoms. The number of rotatable bonds is 3. The van der Waals surface area contributed by atoms with E-state index in [9.17, 15) is 18.0 Å². The summed E-state index contributed by atoms with van der Waals surface area (Å²) >= 11 is 0. The van der Waals surface area contributed by atoms with Crippen LogP contribution >= 0.6 is 0 Å². The second kappa shape index (κ2) is 5.82. The van der Waals surface area contributed by atoms with Gasteiger partial charge in [-0.2, -0.15) is 0 Å². The number of urea groups is 1. The summed E-state index contributed by atoms with van der Waals surface area (Å²) in [5.74, 6) is -1.34.